The number of hydrogen-bond acceptors (Lipinski definition) is 10. The van der Waals surface area contributed by atoms with E-state index in [9.17, 15) is 22.8 Å². The zero-order chi connectivity index (χ0) is 45.8. The summed E-state index contributed by atoms with van der Waals surface area (Å²) < 4.78 is 63.6. The lowest BCUT2D eigenvalue weighted by Gasteiger charge is -2.43. The number of rotatable bonds is 31. The van der Waals surface area contributed by atoms with E-state index in [-0.39, 0.29) is 24.2 Å². The van der Waals surface area contributed by atoms with Crippen molar-refractivity contribution in [3.63, 3.8) is 0 Å². The lowest BCUT2D eigenvalue weighted by atomic mass is 10.0. The molecule has 1 aliphatic heterocycles. The van der Waals surface area contributed by atoms with E-state index in [1.807, 2.05) is 20.8 Å². The van der Waals surface area contributed by atoms with Gasteiger partial charge in [-0.05, 0) is 46.5 Å². The Kier molecular flexibility index (Phi) is 34.0. The minimum atomic E-state index is -4.83. The van der Waals surface area contributed by atoms with E-state index < -0.39 is 12.3 Å². The molecule has 1 aromatic rings. The predicted octanol–water partition coefficient (Wildman–Crippen LogP) is 12.4. The van der Waals surface area contributed by atoms with Crippen LogP contribution in [0.4, 0.5) is 13.2 Å². The van der Waals surface area contributed by atoms with E-state index in [0.717, 1.165) is 80.9 Å². The molecule has 2 atom stereocenters. The SMILES string of the molecule is CC(=O)OC(F)(F)F.CCCCCCOc1nsnc1C1=CCC[N+](C)(C(CCC)OCCCCCCCCCCCCCCCCCCCC(=O)OC(C)(C)C)C1.NC=O. The summed E-state index contributed by atoms with van der Waals surface area (Å²) in [6, 6.07) is 0. The molecule has 11 nitrogen and oxygen atoms in total. The molecular weight excluding hydrogens is 810 g/mol. The van der Waals surface area contributed by atoms with Gasteiger partial charge in [0.05, 0.1) is 38.5 Å². The van der Waals surface area contributed by atoms with Gasteiger partial charge in [0, 0.05) is 31.8 Å². The Balaban J connectivity index is 0.00000288. The van der Waals surface area contributed by atoms with E-state index in [0.29, 0.717) is 13.3 Å². The first kappa shape index (κ1) is 58.2. The first-order chi connectivity index (χ1) is 29.0. The molecule has 0 spiro atoms. The number of ether oxygens (including phenoxy) is 4. The van der Waals surface area contributed by atoms with Crippen LogP contribution in [0, 0.1) is 0 Å². The van der Waals surface area contributed by atoms with Gasteiger partial charge in [-0.15, -0.1) is 17.5 Å². The number of hydrogen-bond donors (Lipinski definition) is 1. The number of nitrogens with zero attached hydrogens (tertiary/aromatic N) is 3. The quantitative estimate of drug-likeness (QED) is 0.0334. The first-order valence-electron chi connectivity index (χ1n) is 23.3. The molecule has 1 aromatic heterocycles. The summed E-state index contributed by atoms with van der Waals surface area (Å²) in [6.07, 6.45) is 28.9. The third-order valence-electron chi connectivity index (χ3n) is 10.3. The zero-order valence-corrected chi connectivity index (χ0v) is 39.9. The summed E-state index contributed by atoms with van der Waals surface area (Å²) >= 11 is 1.27. The summed E-state index contributed by atoms with van der Waals surface area (Å²) in [7, 11) is 2.37. The van der Waals surface area contributed by atoms with Crippen molar-refractivity contribution in [3.05, 3.63) is 11.8 Å². The van der Waals surface area contributed by atoms with Gasteiger partial charge in [-0.3, -0.25) is 18.9 Å². The van der Waals surface area contributed by atoms with Crippen LogP contribution in [0.2, 0.25) is 0 Å². The highest BCUT2D eigenvalue weighted by Crippen LogP contribution is 2.33. The number of carbonyl (C=O) groups excluding carboxylic acids is 3. The molecule has 1 aliphatic rings. The second-order valence-electron chi connectivity index (χ2n) is 17.3. The molecule has 2 rings (SSSR count). The second kappa shape index (κ2) is 35.7. The summed E-state index contributed by atoms with van der Waals surface area (Å²) in [4.78, 5) is 29.9. The molecule has 0 aliphatic carbocycles. The van der Waals surface area contributed by atoms with E-state index in [1.165, 1.54) is 133 Å². The largest absolute Gasteiger partial charge is 0.575 e. The highest BCUT2D eigenvalue weighted by atomic mass is 32.1. The monoisotopic (exact) mass is 894 g/mol. The predicted molar refractivity (Wildman–Crippen MR) is 240 cm³/mol. The number of nitrogens with two attached hydrogens (primary N) is 1. The normalized spacial score (nSPS) is 15.7. The van der Waals surface area contributed by atoms with Crippen molar-refractivity contribution in [2.24, 2.45) is 5.73 Å². The average molecular weight is 894 g/mol. The molecule has 0 bridgehead atoms. The Morgan fingerprint density at radius 2 is 1.28 bits per heavy atom. The summed E-state index contributed by atoms with van der Waals surface area (Å²) in [5, 5.41) is 0. The second-order valence-corrected chi connectivity index (χ2v) is 17.9. The van der Waals surface area contributed by atoms with Gasteiger partial charge in [-0.2, -0.15) is 4.37 Å². The number of amides is 1. The molecule has 2 N–H and O–H groups in total. The fraction of sp³-hybridized carbons (Fsp3) is 0.848. The van der Waals surface area contributed by atoms with E-state index in [1.54, 1.807) is 0 Å². The molecule has 0 saturated heterocycles. The molecule has 2 unspecified atom stereocenters. The van der Waals surface area contributed by atoms with E-state index >= 15 is 0 Å². The van der Waals surface area contributed by atoms with Crippen LogP contribution in [0.1, 0.15) is 208 Å². The number of primary amides is 1. The Labute approximate surface area is 371 Å². The van der Waals surface area contributed by atoms with Crippen LogP contribution < -0.4 is 10.5 Å². The number of quaternary nitrogens is 1. The summed E-state index contributed by atoms with van der Waals surface area (Å²) in [5.74, 6) is -0.675. The highest BCUT2D eigenvalue weighted by molar-refractivity contribution is 6.99. The summed E-state index contributed by atoms with van der Waals surface area (Å²) in [5.41, 5.74) is 6.04. The van der Waals surface area contributed by atoms with Crippen molar-refractivity contribution in [3.8, 4) is 5.88 Å². The Hall–Kier alpha value is -2.78. The smallest absolute Gasteiger partial charge is 0.475 e. The van der Waals surface area contributed by atoms with Crippen LogP contribution in [-0.4, -0.2) is 83.1 Å². The van der Waals surface area contributed by atoms with E-state index in [4.69, 9.17) is 19.0 Å². The zero-order valence-electron chi connectivity index (χ0n) is 39.1. The minimum Gasteiger partial charge on any atom is -0.475 e. The molecule has 61 heavy (non-hydrogen) atoms. The molecule has 1 amide bonds. The maximum Gasteiger partial charge on any atom is 0.575 e. The van der Waals surface area contributed by atoms with Crippen molar-refractivity contribution in [2.45, 2.75) is 220 Å². The fourth-order valence-corrected chi connectivity index (χ4v) is 7.80. The molecule has 0 fully saturated rings. The van der Waals surface area contributed by atoms with Gasteiger partial charge >= 0.3 is 18.3 Å². The highest BCUT2D eigenvalue weighted by Gasteiger charge is 2.37. The maximum atomic E-state index is 11.8. The molecule has 15 heteroatoms. The van der Waals surface area contributed by atoms with Gasteiger partial charge in [0.15, 0.2) is 6.23 Å². The molecule has 0 aromatic carbocycles. The third kappa shape index (κ3) is 33.5. The van der Waals surface area contributed by atoms with Crippen molar-refractivity contribution >= 4 is 35.6 Å². The topological polar surface area (TPSA) is 140 Å². The Morgan fingerprint density at radius 1 is 0.787 bits per heavy atom. The van der Waals surface area contributed by atoms with Gasteiger partial charge in [0.1, 0.15) is 17.8 Å². The van der Waals surface area contributed by atoms with Crippen LogP contribution >= 0.6 is 11.7 Å². The standard InChI is InChI=1S/C42H78N3O4S.C3H3F3O2.CH3NO/c1-7-9-10-27-35-48-41-40(43-50-44-41)37-31-29-33-45(6,36-37)38(30-8-2)47-34-28-25-23-21-19-17-15-13-11-12-14-16-18-20-22-24-26-32-39(46)49-42(3,4)5;1-2(7)8-3(4,5)6;2-1-3/h31,38H,7-30,32-36H2,1-6H3;1H3;1H,(H2,2,3)/q+1;;. The number of esters is 2. The number of aromatic nitrogens is 2. The third-order valence-corrected chi connectivity index (χ3v) is 10.8. The van der Waals surface area contributed by atoms with Gasteiger partial charge < -0.3 is 24.7 Å². The van der Waals surface area contributed by atoms with E-state index in [2.05, 4.69) is 46.2 Å². The lowest BCUT2D eigenvalue weighted by molar-refractivity contribution is -0.950. The maximum absolute atomic E-state index is 11.8. The van der Waals surface area contributed by atoms with Crippen LogP contribution in [0.5, 0.6) is 5.88 Å². The van der Waals surface area contributed by atoms with Gasteiger partial charge in [-0.25, -0.2) is 0 Å². The minimum absolute atomic E-state index is 0.0506. The molecule has 0 radical (unpaired) electrons. The van der Waals surface area contributed by atoms with Crippen molar-refractivity contribution in [1.82, 2.24) is 8.75 Å². The van der Waals surface area contributed by atoms with Crippen molar-refractivity contribution in [1.29, 1.82) is 0 Å². The van der Waals surface area contributed by atoms with Crippen LogP contribution in [0.3, 0.4) is 0 Å². The van der Waals surface area contributed by atoms with Crippen LogP contribution in [0.15, 0.2) is 6.08 Å². The number of carbonyl (C=O) groups is 3. The first-order valence-corrected chi connectivity index (χ1v) is 24.0. The van der Waals surface area contributed by atoms with Crippen molar-refractivity contribution in [2.75, 3.05) is 33.4 Å². The molecule has 0 saturated carbocycles. The molecule has 356 valence electrons. The number of alkyl halides is 3. The lowest BCUT2D eigenvalue weighted by Crippen LogP contribution is -2.56. The average Bonchev–Trinajstić information content (AvgIpc) is 3.64. The van der Waals surface area contributed by atoms with Gasteiger partial charge in [0.2, 0.25) is 6.41 Å². The Morgan fingerprint density at radius 3 is 1.74 bits per heavy atom. The number of unbranched alkanes of at least 4 members (excludes halogenated alkanes) is 19. The number of halogens is 3. The molecule has 2 heterocycles. The van der Waals surface area contributed by atoms with Crippen molar-refractivity contribution < 1.29 is 51.0 Å². The van der Waals surface area contributed by atoms with Gasteiger partial charge in [-0.1, -0.05) is 135 Å². The van der Waals surface area contributed by atoms with Crippen LogP contribution in [-0.2, 0) is 28.6 Å². The molecular formula is C46H84F3N4O7S+. The summed E-state index contributed by atoms with van der Waals surface area (Å²) in [6.45, 7) is 14.6. The fourth-order valence-electron chi connectivity index (χ4n) is 7.27. The Bertz CT molecular complexity index is 1290. The van der Waals surface area contributed by atoms with Crippen LogP contribution in [0.25, 0.3) is 5.57 Å². The van der Waals surface area contributed by atoms with Gasteiger partial charge in [0.25, 0.3) is 5.88 Å². The number of likely N-dealkylation sites (N-methyl/N-ethyl adjacent to an activating group) is 1.